The van der Waals surface area contributed by atoms with Gasteiger partial charge in [0.2, 0.25) is 0 Å². The molecule has 1 aromatic carbocycles. The van der Waals surface area contributed by atoms with Crippen LogP contribution in [0.3, 0.4) is 0 Å². The maximum absolute atomic E-state index is 15.2. The Bertz CT molecular complexity index is 1230. The number of rotatable bonds is 4. The molecule has 9 heteroatoms. The molecule has 0 aliphatic carbocycles. The van der Waals surface area contributed by atoms with Crippen LogP contribution in [-0.2, 0) is 0 Å². The maximum atomic E-state index is 15.2. The van der Waals surface area contributed by atoms with Crippen molar-refractivity contribution in [1.29, 1.82) is 0 Å². The predicted molar refractivity (Wildman–Crippen MR) is 114 cm³/mol. The molecule has 1 fully saturated rings. The molecule has 0 atom stereocenters. The number of ether oxygens (including phenoxy) is 1. The van der Waals surface area contributed by atoms with E-state index in [1.165, 1.54) is 6.33 Å². The molecule has 0 unspecified atom stereocenters. The van der Waals surface area contributed by atoms with Crippen LogP contribution in [0.5, 0.6) is 5.75 Å². The lowest BCUT2D eigenvalue weighted by molar-refractivity contribution is 0.417. The lowest BCUT2D eigenvalue weighted by Crippen LogP contribution is -2.43. The van der Waals surface area contributed by atoms with Crippen molar-refractivity contribution < 1.29 is 9.13 Å². The third-order valence-electron chi connectivity index (χ3n) is 5.28. The Hall–Kier alpha value is -3.46. The van der Waals surface area contributed by atoms with Gasteiger partial charge in [-0.15, -0.1) is 0 Å². The normalized spacial score (nSPS) is 14.4. The Kier molecular flexibility index (Phi) is 4.59. The highest BCUT2D eigenvalue weighted by Crippen LogP contribution is 2.31. The molecule has 5 rings (SSSR count). The Morgan fingerprint density at radius 1 is 1.13 bits per heavy atom. The van der Waals surface area contributed by atoms with Gasteiger partial charge in [0.05, 0.1) is 29.4 Å². The molecule has 0 saturated carbocycles. The van der Waals surface area contributed by atoms with Crippen LogP contribution in [0, 0.1) is 12.7 Å². The molecule has 30 heavy (non-hydrogen) atoms. The number of halogens is 1. The van der Waals surface area contributed by atoms with Crippen LogP contribution in [0.15, 0.2) is 36.9 Å². The van der Waals surface area contributed by atoms with Gasteiger partial charge < -0.3 is 24.7 Å². The highest BCUT2D eigenvalue weighted by molar-refractivity contribution is 5.93. The first-order valence-corrected chi connectivity index (χ1v) is 9.82. The number of methoxy groups -OCH3 is 1. The number of aryl methyl sites for hydroxylation is 1. The average molecular weight is 407 g/mol. The summed E-state index contributed by atoms with van der Waals surface area (Å²) < 4.78 is 22.5. The quantitative estimate of drug-likeness (QED) is 0.538. The van der Waals surface area contributed by atoms with E-state index in [0.29, 0.717) is 28.2 Å². The molecular formula is C21H22FN7O. The van der Waals surface area contributed by atoms with E-state index in [9.17, 15) is 0 Å². The van der Waals surface area contributed by atoms with E-state index in [4.69, 9.17) is 4.74 Å². The fourth-order valence-electron chi connectivity index (χ4n) is 3.87. The second-order valence-electron chi connectivity index (χ2n) is 7.32. The minimum atomic E-state index is -0.351. The summed E-state index contributed by atoms with van der Waals surface area (Å²) in [6.07, 6.45) is 5.23. The highest BCUT2D eigenvalue weighted by Gasteiger charge is 2.17. The van der Waals surface area contributed by atoms with Gasteiger partial charge in [-0.1, -0.05) is 0 Å². The van der Waals surface area contributed by atoms with Gasteiger partial charge in [0.15, 0.2) is 11.4 Å². The Labute approximate surface area is 172 Å². The third kappa shape index (κ3) is 3.26. The Balaban J connectivity index is 1.55. The van der Waals surface area contributed by atoms with Crippen molar-refractivity contribution in [2.24, 2.45) is 0 Å². The second-order valence-corrected chi connectivity index (χ2v) is 7.32. The smallest absolute Gasteiger partial charge is 0.180 e. The summed E-state index contributed by atoms with van der Waals surface area (Å²) in [7, 11) is 1.60. The van der Waals surface area contributed by atoms with Crippen molar-refractivity contribution in [3.05, 3.63) is 48.4 Å². The summed E-state index contributed by atoms with van der Waals surface area (Å²) in [6.45, 7) is 5.36. The SMILES string of the molecule is COc1cc(Nc2ncnc3cc(N4CCNCC4)cc(F)c23)cn2cc(C)nc12. The zero-order chi connectivity index (χ0) is 20.7. The molecule has 1 saturated heterocycles. The summed E-state index contributed by atoms with van der Waals surface area (Å²) >= 11 is 0. The van der Waals surface area contributed by atoms with Crippen LogP contribution in [0.2, 0.25) is 0 Å². The van der Waals surface area contributed by atoms with Gasteiger partial charge >= 0.3 is 0 Å². The molecule has 2 N–H and O–H groups in total. The summed E-state index contributed by atoms with van der Waals surface area (Å²) in [6, 6.07) is 5.30. The van der Waals surface area contributed by atoms with E-state index in [-0.39, 0.29) is 5.82 Å². The van der Waals surface area contributed by atoms with Crippen molar-refractivity contribution in [3.63, 3.8) is 0 Å². The van der Waals surface area contributed by atoms with Crippen LogP contribution in [0.4, 0.5) is 21.6 Å². The van der Waals surface area contributed by atoms with E-state index in [1.807, 2.05) is 35.9 Å². The fourth-order valence-corrected chi connectivity index (χ4v) is 3.87. The Morgan fingerprint density at radius 2 is 1.97 bits per heavy atom. The first-order valence-electron chi connectivity index (χ1n) is 9.82. The summed E-state index contributed by atoms with van der Waals surface area (Å²) in [5.74, 6) is 0.672. The van der Waals surface area contributed by atoms with Gasteiger partial charge in [0.1, 0.15) is 18.0 Å². The van der Waals surface area contributed by atoms with Crippen LogP contribution in [-0.4, -0.2) is 52.6 Å². The minimum Gasteiger partial charge on any atom is -0.493 e. The number of fused-ring (bicyclic) bond motifs is 2. The zero-order valence-electron chi connectivity index (χ0n) is 16.8. The molecular weight excluding hydrogens is 385 g/mol. The summed E-state index contributed by atoms with van der Waals surface area (Å²) in [4.78, 5) is 15.2. The number of imidazole rings is 1. The molecule has 0 amide bonds. The van der Waals surface area contributed by atoms with E-state index in [0.717, 1.165) is 43.2 Å². The first-order chi connectivity index (χ1) is 14.6. The zero-order valence-corrected chi connectivity index (χ0v) is 16.8. The number of anilines is 3. The van der Waals surface area contributed by atoms with E-state index in [2.05, 4.69) is 30.5 Å². The van der Waals surface area contributed by atoms with Crippen LogP contribution in [0.1, 0.15) is 5.69 Å². The molecule has 1 aliphatic heterocycles. The number of nitrogens with one attached hydrogen (secondary N) is 2. The fraction of sp³-hybridized carbons (Fsp3) is 0.286. The van der Waals surface area contributed by atoms with Crippen molar-refractivity contribution in [1.82, 2.24) is 24.7 Å². The predicted octanol–water partition coefficient (Wildman–Crippen LogP) is 2.89. The number of pyridine rings is 1. The van der Waals surface area contributed by atoms with E-state index >= 15 is 4.39 Å². The molecule has 154 valence electrons. The number of hydrogen-bond donors (Lipinski definition) is 2. The van der Waals surface area contributed by atoms with Crippen LogP contribution in [0.25, 0.3) is 16.6 Å². The molecule has 3 aromatic heterocycles. The number of nitrogens with zero attached hydrogens (tertiary/aromatic N) is 5. The van der Waals surface area contributed by atoms with E-state index in [1.54, 1.807) is 13.2 Å². The molecule has 0 radical (unpaired) electrons. The molecule has 1 aliphatic rings. The van der Waals surface area contributed by atoms with Gasteiger partial charge in [-0.05, 0) is 19.1 Å². The van der Waals surface area contributed by atoms with Crippen molar-refractivity contribution in [2.45, 2.75) is 6.92 Å². The summed E-state index contributed by atoms with van der Waals surface area (Å²) in [5, 5.41) is 6.89. The van der Waals surface area contributed by atoms with Gasteiger partial charge in [-0.2, -0.15) is 0 Å². The first kappa shape index (κ1) is 18.6. The lowest BCUT2D eigenvalue weighted by Gasteiger charge is -2.29. The van der Waals surface area contributed by atoms with Crippen molar-refractivity contribution in [3.8, 4) is 5.75 Å². The lowest BCUT2D eigenvalue weighted by atomic mass is 10.1. The van der Waals surface area contributed by atoms with Crippen LogP contribution < -0.4 is 20.3 Å². The molecule has 4 aromatic rings. The Morgan fingerprint density at radius 3 is 2.77 bits per heavy atom. The maximum Gasteiger partial charge on any atom is 0.180 e. The number of piperazine rings is 1. The number of aromatic nitrogens is 4. The van der Waals surface area contributed by atoms with Crippen LogP contribution >= 0.6 is 0 Å². The van der Waals surface area contributed by atoms with Crippen molar-refractivity contribution in [2.75, 3.05) is 43.5 Å². The molecule has 0 spiro atoms. The van der Waals surface area contributed by atoms with E-state index < -0.39 is 0 Å². The third-order valence-corrected chi connectivity index (χ3v) is 5.28. The molecule has 8 nitrogen and oxygen atoms in total. The largest absolute Gasteiger partial charge is 0.493 e. The standard InChI is InChI=1S/C21H22FN7O/c1-13-10-29-11-14(7-18(30-2)21(29)26-13)27-20-19-16(22)8-15(9-17(19)24-12-25-20)28-5-3-23-4-6-28/h7-12,23H,3-6H2,1-2H3,(H,24,25,27). The topological polar surface area (TPSA) is 79.6 Å². The second kappa shape index (κ2) is 7.42. The van der Waals surface area contributed by atoms with Gasteiger partial charge in [0, 0.05) is 50.3 Å². The van der Waals surface area contributed by atoms with Gasteiger partial charge in [0.25, 0.3) is 0 Å². The number of benzene rings is 1. The minimum absolute atomic E-state index is 0.351. The van der Waals surface area contributed by atoms with Crippen molar-refractivity contribution >= 4 is 33.7 Å². The monoisotopic (exact) mass is 407 g/mol. The van der Waals surface area contributed by atoms with Gasteiger partial charge in [-0.25, -0.2) is 19.3 Å². The van der Waals surface area contributed by atoms with Gasteiger partial charge in [-0.3, -0.25) is 0 Å². The molecule has 0 bridgehead atoms. The summed E-state index contributed by atoms with van der Waals surface area (Å²) in [5.41, 5.74) is 3.71. The highest BCUT2D eigenvalue weighted by atomic mass is 19.1. The number of hydrogen-bond acceptors (Lipinski definition) is 7. The molecule has 4 heterocycles. The average Bonchev–Trinajstić information content (AvgIpc) is 3.13.